The van der Waals surface area contributed by atoms with Crippen molar-refractivity contribution in [3.05, 3.63) is 30.1 Å². The van der Waals surface area contributed by atoms with E-state index in [2.05, 4.69) is 10.6 Å². The van der Waals surface area contributed by atoms with E-state index in [0.717, 1.165) is 25.7 Å². The zero-order valence-corrected chi connectivity index (χ0v) is 15.4. The van der Waals surface area contributed by atoms with Crippen LogP contribution in [-0.4, -0.2) is 47.1 Å². The molecule has 1 aromatic rings. The van der Waals surface area contributed by atoms with Gasteiger partial charge in [0.15, 0.2) is 5.11 Å². The SMILES string of the molecule is COC(=O)C[C@@H]1C(=O)N[C@@H]2CCCC[C@@H]2N1C(=S)Nc1ccc(F)cc1. The molecule has 6 nitrogen and oxygen atoms in total. The standard InChI is InChI=1S/C18H22FN3O3S/c1-25-16(23)10-15-17(24)21-13-4-2-3-5-14(13)22(15)18(26)20-12-8-6-11(19)7-9-12/h6-9,13-15H,2-5,10H2,1H3,(H,20,26)(H,21,24)/t13-,14+,15-/m1/s1. The number of halogens is 1. The summed E-state index contributed by atoms with van der Waals surface area (Å²) in [5.41, 5.74) is 0.631. The average molecular weight is 379 g/mol. The van der Waals surface area contributed by atoms with Crippen LogP contribution >= 0.6 is 12.2 Å². The number of fused-ring (bicyclic) bond motifs is 1. The van der Waals surface area contributed by atoms with Crippen LogP contribution in [0.1, 0.15) is 32.1 Å². The number of hydrogen-bond donors (Lipinski definition) is 2. The van der Waals surface area contributed by atoms with Crippen molar-refractivity contribution in [3.8, 4) is 0 Å². The Balaban J connectivity index is 1.85. The first-order valence-corrected chi connectivity index (χ1v) is 9.12. The summed E-state index contributed by atoms with van der Waals surface area (Å²) in [4.78, 5) is 26.3. The lowest BCUT2D eigenvalue weighted by atomic mass is 9.85. The maximum absolute atomic E-state index is 13.1. The largest absolute Gasteiger partial charge is 0.469 e. The van der Waals surface area contributed by atoms with Gasteiger partial charge in [-0.15, -0.1) is 0 Å². The Labute approximate surface area is 157 Å². The first-order chi connectivity index (χ1) is 12.5. The molecule has 0 radical (unpaired) electrons. The highest BCUT2D eigenvalue weighted by Gasteiger charge is 2.44. The van der Waals surface area contributed by atoms with Crippen LogP contribution in [0.5, 0.6) is 0 Å². The van der Waals surface area contributed by atoms with E-state index >= 15 is 0 Å². The third-order valence-electron chi connectivity index (χ3n) is 4.97. The summed E-state index contributed by atoms with van der Waals surface area (Å²) in [6.45, 7) is 0. The Morgan fingerprint density at radius 2 is 2.04 bits per heavy atom. The lowest BCUT2D eigenvalue weighted by Crippen LogP contribution is -2.68. The van der Waals surface area contributed by atoms with Crippen LogP contribution in [0.25, 0.3) is 0 Å². The highest BCUT2D eigenvalue weighted by Crippen LogP contribution is 2.30. The number of benzene rings is 1. The topological polar surface area (TPSA) is 70.7 Å². The summed E-state index contributed by atoms with van der Waals surface area (Å²) in [7, 11) is 1.30. The van der Waals surface area contributed by atoms with Gasteiger partial charge in [-0.3, -0.25) is 9.59 Å². The molecule has 1 saturated heterocycles. The fraction of sp³-hybridized carbons (Fsp3) is 0.500. The van der Waals surface area contributed by atoms with Gasteiger partial charge in [0.1, 0.15) is 11.9 Å². The summed E-state index contributed by atoms with van der Waals surface area (Å²) in [5.74, 6) is -1.02. The summed E-state index contributed by atoms with van der Waals surface area (Å²) in [5, 5.41) is 6.46. The number of anilines is 1. The predicted molar refractivity (Wildman–Crippen MR) is 99.1 cm³/mol. The van der Waals surface area contributed by atoms with Crippen LogP contribution in [0.4, 0.5) is 10.1 Å². The molecule has 0 unspecified atom stereocenters. The molecule has 3 atom stereocenters. The van der Waals surface area contributed by atoms with Gasteiger partial charge in [0.25, 0.3) is 0 Å². The normalized spacial score (nSPS) is 25.1. The molecular weight excluding hydrogens is 357 g/mol. The van der Waals surface area contributed by atoms with Crippen molar-refractivity contribution < 1.29 is 18.7 Å². The maximum Gasteiger partial charge on any atom is 0.308 e. The highest BCUT2D eigenvalue weighted by molar-refractivity contribution is 7.80. The molecule has 2 fully saturated rings. The second-order valence-corrected chi connectivity index (χ2v) is 6.99. The van der Waals surface area contributed by atoms with Crippen molar-refractivity contribution in [3.63, 3.8) is 0 Å². The Kier molecular flexibility index (Phi) is 5.70. The van der Waals surface area contributed by atoms with Crippen molar-refractivity contribution in [1.29, 1.82) is 0 Å². The second kappa shape index (κ2) is 7.99. The zero-order chi connectivity index (χ0) is 18.7. The van der Waals surface area contributed by atoms with Crippen LogP contribution in [0.3, 0.4) is 0 Å². The number of carbonyl (C=O) groups excluding carboxylic acids is 2. The van der Waals surface area contributed by atoms with Crippen molar-refractivity contribution >= 4 is 34.9 Å². The van der Waals surface area contributed by atoms with Crippen molar-refractivity contribution in [1.82, 2.24) is 10.2 Å². The molecule has 0 aromatic heterocycles. The minimum absolute atomic E-state index is 0.0121. The number of piperazine rings is 1. The molecular formula is C18H22FN3O3S. The highest BCUT2D eigenvalue weighted by atomic mass is 32.1. The van der Waals surface area contributed by atoms with Crippen molar-refractivity contribution in [2.45, 2.75) is 50.2 Å². The van der Waals surface area contributed by atoms with Crippen LogP contribution in [-0.2, 0) is 14.3 Å². The van der Waals surface area contributed by atoms with Gasteiger partial charge in [-0.1, -0.05) is 12.8 Å². The molecule has 2 aliphatic rings. The number of methoxy groups -OCH3 is 1. The van der Waals surface area contributed by atoms with Crippen molar-refractivity contribution in [2.75, 3.05) is 12.4 Å². The van der Waals surface area contributed by atoms with Crippen LogP contribution in [0.15, 0.2) is 24.3 Å². The summed E-state index contributed by atoms with van der Waals surface area (Å²) < 4.78 is 17.9. The van der Waals surface area contributed by atoms with E-state index in [-0.39, 0.29) is 30.2 Å². The monoisotopic (exact) mass is 379 g/mol. The number of carbonyl (C=O) groups is 2. The molecule has 8 heteroatoms. The predicted octanol–water partition coefficient (Wildman–Crippen LogP) is 2.20. The van der Waals surface area contributed by atoms with E-state index in [1.54, 1.807) is 12.1 Å². The number of amides is 1. The molecule has 3 rings (SSSR count). The summed E-state index contributed by atoms with van der Waals surface area (Å²) in [6, 6.07) is 5.15. The second-order valence-electron chi connectivity index (χ2n) is 6.61. The number of rotatable bonds is 3. The number of esters is 1. The van der Waals surface area contributed by atoms with E-state index < -0.39 is 12.0 Å². The Morgan fingerprint density at radius 1 is 1.35 bits per heavy atom. The molecule has 1 saturated carbocycles. The van der Waals surface area contributed by atoms with Gasteiger partial charge in [-0.25, -0.2) is 4.39 Å². The summed E-state index contributed by atoms with van der Waals surface area (Å²) >= 11 is 5.57. The average Bonchev–Trinajstić information content (AvgIpc) is 2.63. The van der Waals surface area contributed by atoms with Gasteiger partial charge in [0.2, 0.25) is 5.91 Å². The molecule has 1 aliphatic heterocycles. The third kappa shape index (κ3) is 3.95. The van der Waals surface area contributed by atoms with Crippen LogP contribution in [0.2, 0.25) is 0 Å². The molecule has 2 N–H and O–H groups in total. The molecule has 1 aromatic carbocycles. The van der Waals surface area contributed by atoms with E-state index in [4.69, 9.17) is 17.0 Å². The Hall–Kier alpha value is -2.22. The fourth-order valence-electron chi connectivity index (χ4n) is 3.69. The Morgan fingerprint density at radius 3 is 2.73 bits per heavy atom. The van der Waals surface area contributed by atoms with Gasteiger partial charge in [0, 0.05) is 11.7 Å². The van der Waals surface area contributed by atoms with Gasteiger partial charge < -0.3 is 20.3 Å². The minimum Gasteiger partial charge on any atom is -0.469 e. The molecule has 26 heavy (non-hydrogen) atoms. The molecule has 0 bridgehead atoms. The third-order valence-corrected chi connectivity index (χ3v) is 5.28. The van der Waals surface area contributed by atoms with Crippen molar-refractivity contribution in [2.24, 2.45) is 0 Å². The summed E-state index contributed by atoms with van der Waals surface area (Å²) in [6.07, 6.45) is 3.79. The van der Waals surface area contributed by atoms with Gasteiger partial charge >= 0.3 is 5.97 Å². The number of nitrogens with zero attached hydrogens (tertiary/aromatic N) is 1. The van der Waals surface area contributed by atoms with E-state index in [1.165, 1.54) is 19.2 Å². The lowest BCUT2D eigenvalue weighted by Gasteiger charge is -2.49. The molecule has 1 heterocycles. The van der Waals surface area contributed by atoms with Crippen LogP contribution in [0, 0.1) is 5.82 Å². The number of thiocarbonyl (C=S) groups is 1. The number of nitrogens with one attached hydrogen (secondary N) is 2. The minimum atomic E-state index is -0.720. The lowest BCUT2D eigenvalue weighted by molar-refractivity contribution is -0.146. The fourth-order valence-corrected chi connectivity index (χ4v) is 4.08. The van der Waals surface area contributed by atoms with E-state index in [1.807, 2.05) is 4.90 Å². The van der Waals surface area contributed by atoms with Crippen LogP contribution < -0.4 is 10.6 Å². The smallest absolute Gasteiger partial charge is 0.308 e. The molecule has 1 aliphatic carbocycles. The first-order valence-electron chi connectivity index (χ1n) is 8.71. The Bertz CT molecular complexity index is 697. The molecule has 1 amide bonds. The zero-order valence-electron chi connectivity index (χ0n) is 14.5. The molecule has 140 valence electrons. The number of hydrogen-bond acceptors (Lipinski definition) is 4. The quantitative estimate of drug-likeness (QED) is 0.620. The molecule has 0 spiro atoms. The number of ether oxygens (including phenoxy) is 1. The first kappa shape index (κ1) is 18.6. The van der Waals surface area contributed by atoms with E-state index in [9.17, 15) is 14.0 Å². The van der Waals surface area contributed by atoms with E-state index in [0.29, 0.717) is 10.8 Å². The van der Waals surface area contributed by atoms with Gasteiger partial charge in [-0.05, 0) is 49.3 Å². The maximum atomic E-state index is 13.1. The van der Waals surface area contributed by atoms with Gasteiger partial charge in [-0.2, -0.15) is 0 Å². The van der Waals surface area contributed by atoms with Gasteiger partial charge in [0.05, 0.1) is 19.6 Å².